The summed E-state index contributed by atoms with van der Waals surface area (Å²) in [5.41, 5.74) is 9.55. The van der Waals surface area contributed by atoms with E-state index in [9.17, 15) is 18.0 Å². The molecule has 37 heavy (non-hydrogen) atoms. The van der Waals surface area contributed by atoms with Gasteiger partial charge < -0.3 is 15.8 Å². The number of carbonyl (C=O) groups excluding carboxylic acids is 1. The molecule has 0 fully saturated rings. The molecule has 0 aliphatic rings. The van der Waals surface area contributed by atoms with Crippen molar-refractivity contribution in [1.82, 2.24) is 30.3 Å². The number of nitrogens with zero attached hydrogens (tertiary/aromatic N) is 4. The van der Waals surface area contributed by atoms with Gasteiger partial charge in [0.05, 0.1) is 35.0 Å². The van der Waals surface area contributed by atoms with E-state index in [2.05, 4.69) is 25.6 Å². The van der Waals surface area contributed by atoms with E-state index in [4.69, 9.17) is 10.5 Å². The van der Waals surface area contributed by atoms with Crippen LogP contribution in [0.3, 0.4) is 0 Å². The van der Waals surface area contributed by atoms with Gasteiger partial charge in [-0.05, 0) is 29.8 Å². The summed E-state index contributed by atoms with van der Waals surface area (Å²) in [5, 5.41) is 14.1. The van der Waals surface area contributed by atoms with Crippen molar-refractivity contribution in [2.75, 3.05) is 12.8 Å². The highest BCUT2D eigenvalue weighted by Crippen LogP contribution is 2.35. The number of aromatic nitrogens is 5. The van der Waals surface area contributed by atoms with Crippen molar-refractivity contribution in [3.63, 3.8) is 0 Å². The normalized spacial score (nSPS) is 11.3. The Bertz CT molecular complexity index is 1600. The zero-order chi connectivity index (χ0) is 26.1. The van der Waals surface area contributed by atoms with Gasteiger partial charge in [0.1, 0.15) is 11.6 Å². The van der Waals surface area contributed by atoms with Crippen LogP contribution in [0.4, 0.5) is 19.0 Å². The molecule has 0 atom stereocenters. The number of benzene rings is 2. The highest BCUT2D eigenvalue weighted by atomic mass is 19.3. The summed E-state index contributed by atoms with van der Waals surface area (Å²) in [4.78, 5) is 17.1. The summed E-state index contributed by atoms with van der Waals surface area (Å²) in [6.07, 6.45) is 2.70. The molecule has 0 unspecified atom stereocenters. The summed E-state index contributed by atoms with van der Waals surface area (Å²) in [6, 6.07) is 12.4. The van der Waals surface area contributed by atoms with Crippen molar-refractivity contribution in [2.45, 2.75) is 13.1 Å². The van der Waals surface area contributed by atoms with Crippen LogP contribution in [-0.4, -0.2) is 38.0 Å². The number of rotatable bonds is 7. The van der Waals surface area contributed by atoms with E-state index in [1.54, 1.807) is 12.1 Å². The number of pyridine rings is 1. The smallest absolute Gasteiger partial charge is 0.333 e. The van der Waals surface area contributed by atoms with Crippen LogP contribution in [0.25, 0.3) is 33.4 Å². The largest absolute Gasteiger partial charge is 0.496 e. The van der Waals surface area contributed by atoms with Gasteiger partial charge in [0.2, 0.25) is 0 Å². The summed E-state index contributed by atoms with van der Waals surface area (Å²) >= 11 is 0. The minimum absolute atomic E-state index is 0.0969. The number of nitrogen functional groups attached to an aromatic ring is 1. The molecular formula is C25H20F3N7O2. The number of amides is 1. The van der Waals surface area contributed by atoms with Crippen LogP contribution in [-0.2, 0) is 6.54 Å². The van der Waals surface area contributed by atoms with E-state index in [1.165, 1.54) is 37.7 Å². The average Bonchev–Trinajstić information content (AvgIpc) is 3.55. The summed E-state index contributed by atoms with van der Waals surface area (Å²) in [5.74, 6) is -0.541. The number of carbonyl (C=O) groups is 1. The molecule has 0 saturated carbocycles. The number of anilines is 1. The third-order valence-electron chi connectivity index (χ3n) is 5.79. The molecule has 4 N–H and O–H groups in total. The predicted octanol–water partition coefficient (Wildman–Crippen LogP) is 4.54. The molecule has 12 heteroatoms. The topological polar surface area (TPSA) is 124 Å². The Morgan fingerprint density at radius 3 is 2.68 bits per heavy atom. The second kappa shape index (κ2) is 9.64. The summed E-state index contributed by atoms with van der Waals surface area (Å²) in [7, 11) is 1.41. The van der Waals surface area contributed by atoms with Gasteiger partial charge in [0, 0.05) is 30.1 Å². The summed E-state index contributed by atoms with van der Waals surface area (Å²) in [6.45, 7) is -2.57. The fourth-order valence-electron chi connectivity index (χ4n) is 3.97. The molecule has 0 aliphatic carbocycles. The number of hydrogen-bond donors (Lipinski definition) is 3. The molecule has 3 heterocycles. The van der Waals surface area contributed by atoms with Crippen LogP contribution < -0.4 is 15.8 Å². The van der Waals surface area contributed by atoms with Crippen molar-refractivity contribution in [2.24, 2.45) is 0 Å². The Balaban J connectivity index is 1.38. The minimum atomic E-state index is -2.76. The zero-order valence-electron chi connectivity index (χ0n) is 19.4. The Labute approximate surface area is 208 Å². The van der Waals surface area contributed by atoms with Crippen molar-refractivity contribution >= 4 is 22.6 Å². The molecular weight excluding hydrogens is 487 g/mol. The molecule has 0 radical (unpaired) electrons. The number of aromatic amines is 1. The fourth-order valence-corrected chi connectivity index (χ4v) is 3.97. The van der Waals surface area contributed by atoms with Crippen molar-refractivity contribution in [3.8, 4) is 28.3 Å². The molecule has 0 spiro atoms. The first-order valence-corrected chi connectivity index (χ1v) is 11.0. The molecule has 188 valence electrons. The lowest BCUT2D eigenvalue weighted by Gasteiger charge is -2.10. The zero-order valence-corrected chi connectivity index (χ0v) is 19.4. The molecule has 0 saturated heterocycles. The number of ether oxygens (including phenoxy) is 1. The van der Waals surface area contributed by atoms with Gasteiger partial charge in [0.25, 0.3) is 5.91 Å². The van der Waals surface area contributed by atoms with Gasteiger partial charge in [-0.1, -0.05) is 24.3 Å². The average molecular weight is 507 g/mol. The first-order valence-electron chi connectivity index (χ1n) is 11.0. The standard InChI is InChI=1S/C25H20F3N7O2/c1-37-19-7-6-15(26)10-16(19)24(36)31-11-13-2-4-14(5-3-13)21-20-22(32-33-23(20)29)17(12-30-21)18-8-9-35(34-18)25(27)28/h2-10,12,25H,11H2,1H3,(H,31,36)(H3,29,32,33). The van der Waals surface area contributed by atoms with Crippen LogP contribution >= 0.6 is 0 Å². The SMILES string of the molecule is COc1ccc(F)cc1C(=O)NCc1ccc(-c2ncc(-c3ccn(C(F)F)n3)c3[nH]nc(N)c23)cc1. The van der Waals surface area contributed by atoms with E-state index in [0.717, 1.165) is 17.2 Å². The summed E-state index contributed by atoms with van der Waals surface area (Å²) < 4.78 is 45.2. The van der Waals surface area contributed by atoms with E-state index in [1.807, 2.05) is 12.1 Å². The molecule has 2 aromatic carbocycles. The number of methoxy groups -OCH3 is 1. The van der Waals surface area contributed by atoms with E-state index >= 15 is 0 Å². The van der Waals surface area contributed by atoms with E-state index < -0.39 is 18.3 Å². The molecule has 0 aliphatic heterocycles. The number of hydrogen-bond acceptors (Lipinski definition) is 6. The molecule has 1 amide bonds. The quantitative estimate of drug-likeness (QED) is 0.297. The number of alkyl halides is 2. The number of halogens is 3. The highest BCUT2D eigenvalue weighted by molar-refractivity contribution is 6.05. The Morgan fingerprint density at radius 1 is 1.19 bits per heavy atom. The third kappa shape index (κ3) is 4.56. The molecule has 0 bridgehead atoms. The Kier molecular flexibility index (Phi) is 6.22. The lowest BCUT2D eigenvalue weighted by Crippen LogP contribution is -2.23. The van der Waals surface area contributed by atoms with Crippen LogP contribution in [0.5, 0.6) is 5.75 Å². The van der Waals surface area contributed by atoms with Gasteiger partial charge in [0.15, 0.2) is 5.82 Å². The van der Waals surface area contributed by atoms with Crippen molar-refractivity contribution in [1.29, 1.82) is 0 Å². The van der Waals surface area contributed by atoms with Crippen LogP contribution in [0, 0.1) is 5.82 Å². The van der Waals surface area contributed by atoms with Crippen LogP contribution in [0.15, 0.2) is 60.9 Å². The van der Waals surface area contributed by atoms with E-state index in [0.29, 0.717) is 32.5 Å². The molecule has 5 rings (SSSR count). The number of nitrogens with two attached hydrogens (primary N) is 1. The Hall–Kier alpha value is -4.87. The second-order valence-electron chi connectivity index (χ2n) is 8.06. The highest BCUT2D eigenvalue weighted by Gasteiger charge is 2.19. The molecule has 3 aromatic heterocycles. The first-order chi connectivity index (χ1) is 17.9. The molecule has 5 aromatic rings. The van der Waals surface area contributed by atoms with Gasteiger partial charge in [-0.25, -0.2) is 9.07 Å². The van der Waals surface area contributed by atoms with Crippen LogP contribution in [0.2, 0.25) is 0 Å². The minimum Gasteiger partial charge on any atom is -0.496 e. The number of fused-ring (bicyclic) bond motifs is 1. The van der Waals surface area contributed by atoms with E-state index in [-0.39, 0.29) is 23.7 Å². The van der Waals surface area contributed by atoms with Gasteiger partial charge >= 0.3 is 6.55 Å². The lowest BCUT2D eigenvalue weighted by atomic mass is 10.0. The lowest BCUT2D eigenvalue weighted by molar-refractivity contribution is 0.0568. The maximum atomic E-state index is 13.6. The number of nitrogens with one attached hydrogen (secondary N) is 2. The van der Waals surface area contributed by atoms with Gasteiger partial charge in [-0.3, -0.25) is 14.9 Å². The predicted molar refractivity (Wildman–Crippen MR) is 130 cm³/mol. The Morgan fingerprint density at radius 2 is 1.97 bits per heavy atom. The monoisotopic (exact) mass is 507 g/mol. The van der Waals surface area contributed by atoms with Gasteiger partial charge in [-0.15, -0.1) is 0 Å². The number of H-pyrrole nitrogens is 1. The first kappa shape index (κ1) is 23.9. The molecule has 9 nitrogen and oxygen atoms in total. The fraction of sp³-hybridized carbons (Fsp3) is 0.120. The van der Waals surface area contributed by atoms with Crippen molar-refractivity contribution < 1.29 is 22.7 Å². The van der Waals surface area contributed by atoms with Crippen molar-refractivity contribution in [3.05, 3.63) is 77.9 Å². The van der Waals surface area contributed by atoms with Crippen LogP contribution in [0.1, 0.15) is 22.5 Å². The second-order valence-corrected chi connectivity index (χ2v) is 8.06. The maximum absolute atomic E-state index is 13.6. The third-order valence-corrected chi connectivity index (χ3v) is 5.79. The maximum Gasteiger partial charge on any atom is 0.333 e. The van der Waals surface area contributed by atoms with Gasteiger partial charge in [-0.2, -0.15) is 19.0 Å².